The van der Waals surface area contributed by atoms with Crippen LogP contribution in [0.15, 0.2) is 0 Å². The summed E-state index contributed by atoms with van der Waals surface area (Å²) in [6.45, 7) is 4.80. The second-order valence-corrected chi connectivity index (χ2v) is 3.65. The molecular formula is C9H19NO. The molecule has 0 radical (unpaired) electrons. The van der Waals surface area contributed by atoms with E-state index in [1.807, 2.05) is 6.92 Å². The summed E-state index contributed by atoms with van der Waals surface area (Å²) in [5, 5.41) is 12.3. The molecule has 66 valence electrons. The molecule has 0 saturated heterocycles. The minimum atomic E-state index is -0.196. The summed E-state index contributed by atoms with van der Waals surface area (Å²) in [7, 11) is 0. The number of aliphatic hydroxyl groups excluding tert-OH is 1. The number of rotatable bonds is 5. The summed E-state index contributed by atoms with van der Waals surface area (Å²) >= 11 is 0. The standard InChI is InChI=1S/C9H19NO/c1-3-4-8-5-9(8)10-6-7(2)11/h7-11H,3-6H2,1-2H3/t7-,8?,9?/m0/s1. The van der Waals surface area contributed by atoms with Crippen molar-refractivity contribution in [3.05, 3.63) is 0 Å². The second-order valence-electron chi connectivity index (χ2n) is 3.65. The molecule has 3 atom stereocenters. The van der Waals surface area contributed by atoms with E-state index in [0.29, 0.717) is 6.04 Å². The lowest BCUT2D eigenvalue weighted by molar-refractivity contribution is 0.190. The highest BCUT2D eigenvalue weighted by Crippen LogP contribution is 2.34. The first-order valence-corrected chi connectivity index (χ1v) is 4.65. The Morgan fingerprint density at radius 3 is 2.91 bits per heavy atom. The third kappa shape index (κ3) is 3.21. The first-order valence-electron chi connectivity index (χ1n) is 4.65. The first-order chi connectivity index (χ1) is 5.24. The van der Waals surface area contributed by atoms with E-state index in [1.165, 1.54) is 19.3 Å². The maximum atomic E-state index is 8.98. The summed E-state index contributed by atoms with van der Waals surface area (Å²) in [5.41, 5.74) is 0. The molecule has 0 aromatic heterocycles. The predicted octanol–water partition coefficient (Wildman–Crippen LogP) is 1.15. The number of hydrogen-bond donors (Lipinski definition) is 2. The minimum absolute atomic E-state index is 0.196. The highest BCUT2D eigenvalue weighted by molar-refractivity contribution is 4.92. The zero-order chi connectivity index (χ0) is 8.27. The van der Waals surface area contributed by atoms with Crippen molar-refractivity contribution < 1.29 is 5.11 Å². The van der Waals surface area contributed by atoms with Gasteiger partial charge in [-0.1, -0.05) is 13.3 Å². The van der Waals surface area contributed by atoms with Crippen LogP contribution in [0, 0.1) is 5.92 Å². The van der Waals surface area contributed by atoms with Crippen molar-refractivity contribution in [3.63, 3.8) is 0 Å². The van der Waals surface area contributed by atoms with E-state index in [-0.39, 0.29) is 6.10 Å². The topological polar surface area (TPSA) is 32.3 Å². The molecule has 1 aliphatic rings. The van der Waals surface area contributed by atoms with E-state index in [9.17, 15) is 0 Å². The Kier molecular flexibility index (Phi) is 3.34. The monoisotopic (exact) mass is 157 g/mol. The van der Waals surface area contributed by atoms with Gasteiger partial charge in [-0.05, 0) is 25.7 Å². The zero-order valence-corrected chi connectivity index (χ0v) is 7.51. The molecule has 2 nitrogen and oxygen atoms in total. The molecule has 1 rings (SSSR count). The average molecular weight is 157 g/mol. The normalized spacial score (nSPS) is 31.9. The van der Waals surface area contributed by atoms with Crippen LogP contribution in [0.3, 0.4) is 0 Å². The van der Waals surface area contributed by atoms with Gasteiger partial charge in [0.05, 0.1) is 6.10 Å². The third-order valence-corrected chi connectivity index (χ3v) is 2.26. The van der Waals surface area contributed by atoms with Gasteiger partial charge in [-0.25, -0.2) is 0 Å². The third-order valence-electron chi connectivity index (χ3n) is 2.26. The van der Waals surface area contributed by atoms with Crippen LogP contribution in [-0.2, 0) is 0 Å². The summed E-state index contributed by atoms with van der Waals surface area (Å²) in [5.74, 6) is 0.902. The zero-order valence-electron chi connectivity index (χ0n) is 7.51. The second kappa shape index (κ2) is 4.07. The summed E-state index contributed by atoms with van der Waals surface area (Å²) in [6, 6.07) is 0.713. The Hall–Kier alpha value is -0.0800. The van der Waals surface area contributed by atoms with Crippen LogP contribution in [0.4, 0.5) is 0 Å². The van der Waals surface area contributed by atoms with Crippen molar-refractivity contribution in [2.75, 3.05) is 6.54 Å². The van der Waals surface area contributed by atoms with Crippen molar-refractivity contribution in [2.45, 2.75) is 45.3 Å². The van der Waals surface area contributed by atoms with Gasteiger partial charge in [-0.3, -0.25) is 0 Å². The lowest BCUT2D eigenvalue weighted by Gasteiger charge is -2.05. The molecule has 1 fully saturated rings. The molecule has 1 saturated carbocycles. The van der Waals surface area contributed by atoms with E-state index >= 15 is 0 Å². The van der Waals surface area contributed by atoms with Gasteiger partial charge in [0.25, 0.3) is 0 Å². The molecule has 0 heterocycles. The van der Waals surface area contributed by atoms with Crippen LogP contribution in [0.2, 0.25) is 0 Å². The van der Waals surface area contributed by atoms with E-state index in [2.05, 4.69) is 12.2 Å². The van der Waals surface area contributed by atoms with E-state index in [0.717, 1.165) is 12.5 Å². The molecule has 1 aliphatic carbocycles. The fourth-order valence-corrected chi connectivity index (χ4v) is 1.51. The lowest BCUT2D eigenvalue weighted by Crippen LogP contribution is -2.27. The average Bonchev–Trinajstić information content (AvgIpc) is 2.64. The van der Waals surface area contributed by atoms with Crippen molar-refractivity contribution in [2.24, 2.45) is 5.92 Å². The summed E-state index contributed by atoms with van der Waals surface area (Å²) in [4.78, 5) is 0. The number of aliphatic hydroxyl groups is 1. The quantitative estimate of drug-likeness (QED) is 0.627. The van der Waals surface area contributed by atoms with Gasteiger partial charge in [-0.15, -0.1) is 0 Å². The molecule has 0 aliphatic heterocycles. The van der Waals surface area contributed by atoms with Crippen molar-refractivity contribution in [1.29, 1.82) is 0 Å². The van der Waals surface area contributed by atoms with E-state index < -0.39 is 0 Å². The molecule has 2 unspecified atom stereocenters. The van der Waals surface area contributed by atoms with Crippen molar-refractivity contribution in [1.82, 2.24) is 5.32 Å². The van der Waals surface area contributed by atoms with Gasteiger partial charge < -0.3 is 10.4 Å². The van der Waals surface area contributed by atoms with Gasteiger partial charge in [0.15, 0.2) is 0 Å². The molecule has 2 N–H and O–H groups in total. The molecule has 0 aromatic rings. The largest absolute Gasteiger partial charge is 0.392 e. The minimum Gasteiger partial charge on any atom is -0.392 e. The molecular weight excluding hydrogens is 138 g/mol. The maximum absolute atomic E-state index is 8.98. The van der Waals surface area contributed by atoms with Gasteiger partial charge >= 0.3 is 0 Å². The Morgan fingerprint density at radius 1 is 1.64 bits per heavy atom. The Bertz CT molecular complexity index is 114. The molecule has 0 spiro atoms. The van der Waals surface area contributed by atoms with E-state index in [4.69, 9.17) is 5.11 Å². The first kappa shape index (κ1) is 9.01. The summed E-state index contributed by atoms with van der Waals surface area (Å²) < 4.78 is 0. The van der Waals surface area contributed by atoms with Crippen molar-refractivity contribution in [3.8, 4) is 0 Å². The fraction of sp³-hybridized carbons (Fsp3) is 1.00. The van der Waals surface area contributed by atoms with Gasteiger partial charge in [0.2, 0.25) is 0 Å². The molecule has 0 aromatic carbocycles. The van der Waals surface area contributed by atoms with Crippen LogP contribution in [0.1, 0.15) is 33.1 Å². The molecule has 0 amide bonds. The van der Waals surface area contributed by atoms with Crippen molar-refractivity contribution >= 4 is 0 Å². The van der Waals surface area contributed by atoms with Gasteiger partial charge in [0.1, 0.15) is 0 Å². The van der Waals surface area contributed by atoms with Crippen LogP contribution in [0.25, 0.3) is 0 Å². The van der Waals surface area contributed by atoms with Crippen LogP contribution in [0.5, 0.6) is 0 Å². The van der Waals surface area contributed by atoms with Crippen LogP contribution < -0.4 is 5.32 Å². The number of nitrogens with one attached hydrogen (secondary N) is 1. The fourth-order valence-electron chi connectivity index (χ4n) is 1.51. The lowest BCUT2D eigenvalue weighted by atomic mass is 10.2. The Morgan fingerprint density at radius 2 is 2.36 bits per heavy atom. The predicted molar refractivity (Wildman–Crippen MR) is 46.5 cm³/mol. The highest BCUT2D eigenvalue weighted by atomic mass is 16.3. The van der Waals surface area contributed by atoms with E-state index in [1.54, 1.807) is 0 Å². The SMILES string of the molecule is CCCC1CC1NC[C@H](C)O. The molecule has 2 heteroatoms. The molecule has 11 heavy (non-hydrogen) atoms. The molecule has 0 bridgehead atoms. The maximum Gasteiger partial charge on any atom is 0.0636 e. The van der Waals surface area contributed by atoms with Gasteiger partial charge in [-0.2, -0.15) is 0 Å². The smallest absolute Gasteiger partial charge is 0.0636 e. The number of hydrogen-bond acceptors (Lipinski definition) is 2. The Balaban J connectivity index is 1.95. The highest BCUT2D eigenvalue weighted by Gasteiger charge is 2.35. The van der Waals surface area contributed by atoms with Crippen LogP contribution >= 0.6 is 0 Å². The summed E-state index contributed by atoms with van der Waals surface area (Å²) in [6.07, 6.45) is 3.76. The Labute approximate surface area is 69.0 Å². The van der Waals surface area contributed by atoms with Gasteiger partial charge in [0, 0.05) is 12.6 Å². The van der Waals surface area contributed by atoms with Crippen LogP contribution in [-0.4, -0.2) is 23.8 Å².